The third-order valence-electron chi connectivity index (χ3n) is 7.54. The maximum Gasteiger partial charge on any atom is 0.315 e. The molecule has 0 aliphatic rings. The second kappa shape index (κ2) is 20.6. The van der Waals surface area contributed by atoms with Gasteiger partial charge in [-0.15, -0.1) is 0 Å². The molecule has 0 heterocycles. The van der Waals surface area contributed by atoms with Crippen molar-refractivity contribution in [3.05, 3.63) is 215 Å². The maximum atomic E-state index is 11.3. The molecule has 247 valence electrons. The second-order valence-electron chi connectivity index (χ2n) is 10.8. The van der Waals surface area contributed by atoms with Crippen LogP contribution in [0.15, 0.2) is 182 Å². The molecule has 0 aromatic heterocycles. The summed E-state index contributed by atoms with van der Waals surface area (Å²) in [5, 5.41) is 27.8. The fraction of sp³-hybridized carbons (Fsp3) is 0.0714. The van der Waals surface area contributed by atoms with Gasteiger partial charge >= 0.3 is 17.9 Å². The quantitative estimate of drug-likeness (QED) is 0.135. The average Bonchev–Trinajstić information content (AvgIpc) is 3.12. The van der Waals surface area contributed by atoms with Gasteiger partial charge in [-0.05, 0) is 33.4 Å². The van der Waals surface area contributed by atoms with Gasteiger partial charge < -0.3 is 15.3 Å². The van der Waals surface area contributed by atoms with E-state index < -0.39 is 35.7 Å². The van der Waals surface area contributed by atoms with Gasteiger partial charge in [0.2, 0.25) is 0 Å². The standard InChI is InChI=1S/3C14H12O2.Eu/c3*15-14(16)13(11-7-3-1-4-8-11)12-9-5-2-6-10-12;/h3*1-10,13H,(H,15,16);. The number of carboxylic acids is 3. The van der Waals surface area contributed by atoms with Gasteiger partial charge in [0.05, 0.1) is 0 Å². The first-order valence-corrected chi connectivity index (χ1v) is 15.3. The predicted octanol–water partition coefficient (Wildman–Crippen LogP) is 8.71. The number of aliphatic carboxylic acids is 3. The van der Waals surface area contributed by atoms with Crippen molar-refractivity contribution in [1.29, 1.82) is 0 Å². The fourth-order valence-electron chi connectivity index (χ4n) is 5.31. The van der Waals surface area contributed by atoms with Crippen LogP contribution in [0.4, 0.5) is 0 Å². The third kappa shape index (κ3) is 11.8. The number of carbonyl (C=O) groups is 3. The normalized spacial score (nSPS) is 10.1. The Morgan fingerprint density at radius 1 is 0.286 bits per heavy atom. The molecule has 0 saturated heterocycles. The molecule has 7 heteroatoms. The average molecular weight is 789 g/mol. The van der Waals surface area contributed by atoms with Gasteiger partial charge in [0.1, 0.15) is 17.8 Å². The van der Waals surface area contributed by atoms with Crippen molar-refractivity contribution in [2.75, 3.05) is 0 Å². The van der Waals surface area contributed by atoms with Crippen LogP contribution in [-0.2, 0) is 14.4 Å². The van der Waals surface area contributed by atoms with Crippen LogP contribution < -0.4 is 0 Å². The van der Waals surface area contributed by atoms with Crippen molar-refractivity contribution in [1.82, 2.24) is 0 Å². The molecule has 0 atom stereocenters. The number of hydrogen-bond donors (Lipinski definition) is 3. The van der Waals surface area contributed by atoms with Gasteiger partial charge in [-0.25, -0.2) is 0 Å². The van der Waals surface area contributed by atoms with E-state index >= 15 is 0 Å². The summed E-state index contributed by atoms with van der Waals surface area (Å²) in [6, 6.07) is 55.6. The van der Waals surface area contributed by atoms with E-state index in [4.69, 9.17) is 0 Å². The van der Waals surface area contributed by atoms with E-state index in [1.54, 1.807) is 0 Å². The number of benzene rings is 6. The van der Waals surface area contributed by atoms with E-state index in [2.05, 4.69) is 0 Å². The Labute approximate surface area is 327 Å². The van der Waals surface area contributed by atoms with Gasteiger partial charge in [-0.3, -0.25) is 14.4 Å². The van der Waals surface area contributed by atoms with E-state index in [0.29, 0.717) is 0 Å². The number of carboxylic acid groups (broad SMARTS) is 3. The zero-order chi connectivity index (χ0) is 34.1. The fourth-order valence-corrected chi connectivity index (χ4v) is 5.31. The van der Waals surface area contributed by atoms with E-state index in [1.807, 2.05) is 182 Å². The first-order valence-electron chi connectivity index (χ1n) is 15.3. The third-order valence-corrected chi connectivity index (χ3v) is 7.54. The van der Waals surface area contributed by atoms with E-state index in [0.717, 1.165) is 33.4 Å². The molecule has 0 bridgehead atoms. The molecule has 6 aromatic rings. The molecule has 0 fully saturated rings. The SMILES string of the molecule is O=C(O)C(c1ccccc1)c1ccccc1.O=C(O)C(c1ccccc1)c1ccccc1.O=C(O)C(c1ccccc1)c1ccccc1.[Eu]. The Balaban J connectivity index is 0.000000197. The zero-order valence-electron chi connectivity index (χ0n) is 26.5. The molecule has 6 aromatic carbocycles. The zero-order valence-corrected chi connectivity index (χ0v) is 28.9. The summed E-state index contributed by atoms with van der Waals surface area (Å²) in [7, 11) is 0. The van der Waals surface area contributed by atoms with Crippen LogP contribution in [0.1, 0.15) is 51.1 Å². The minimum absolute atomic E-state index is 0. The van der Waals surface area contributed by atoms with Crippen LogP contribution in [0, 0.1) is 49.4 Å². The largest absolute Gasteiger partial charge is 0.481 e. The van der Waals surface area contributed by atoms with Crippen molar-refractivity contribution in [2.45, 2.75) is 17.8 Å². The second-order valence-corrected chi connectivity index (χ2v) is 10.8. The van der Waals surface area contributed by atoms with Gasteiger partial charge in [0.15, 0.2) is 0 Å². The first kappa shape index (κ1) is 38.8. The first-order chi connectivity index (χ1) is 23.4. The molecule has 0 amide bonds. The summed E-state index contributed by atoms with van der Waals surface area (Å²) in [6.45, 7) is 0. The van der Waals surface area contributed by atoms with E-state index in [-0.39, 0.29) is 49.4 Å². The van der Waals surface area contributed by atoms with Crippen LogP contribution in [0.5, 0.6) is 0 Å². The van der Waals surface area contributed by atoms with Crippen molar-refractivity contribution >= 4 is 17.9 Å². The van der Waals surface area contributed by atoms with Gasteiger partial charge in [0, 0.05) is 49.4 Å². The van der Waals surface area contributed by atoms with Crippen LogP contribution in [-0.4, -0.2) is 33.2 Å². The molecular weight excluding hydrogens is 752 g/mol. The maximum absolute atomic E-state index is 11.3. The van der Waals surface area contributed by atoms with Crippen LogP contribution >= 0.6 is 0 Å². The van der Waals surface area contributed by atoms with Crippen molar-refractivity contribution in [3.8, 4) is 0 Å². The number of hydrogen-bond acceptors (Lipinski definition) is 3. The van der Waals surface area contributed by atoms with Gasteiger partial charge in [-0.1, -0.05) is 182 Å². The molecule has 0 aliphatic heterocycles. The monoisotopic (exact) mass is 789 g/mol. The molecule has 1 radical (unpaired) electrons. The van der Waals surface area contributed by atoms with Crippen molar-refractivity contribution in [3.63, 3.8) is 0 Å². The molecule has 0 spiro atoms. The molecule has 3 N–H and O–H groups in total. The predicted molar refractivity (Wildman–Crippen MR) is 187 cm³/mol. The van der Waals surface area contributed by atoms with E-state index in [1.165, 1.54) is 0 Å². The topological polar surface area (TPSA) is 112 Å². The molecule has 0 unspecified atom stereocenters. The Bertz CT molecular complexity index is 1500. The minimum Gasteiger partial charge on any atom is -0.481 e. The van der Waals surface area contributed by atoms with Crippen LogP contribution in [0.25, 0.3) is 0 Å². The Hall–Kier alpha value is -4.69. The number of rotatable bonds is 9. The molecule has 0 saturated carbocycles. The van der Waals surface area contributed by atoms with E-state index in [9.17, 15) is 29.7 Å². The summed E-state index contributed by atoms with van der Waals surface area (Å²) in [5.41, 5.74) is 4.84. The van der Waals surface area contributed by atoms with Crippen molar-refractivity contribution < 1.29 is 79.1 Å². The van der Waals surface area contributed by atoms with Crippen LogP contribution in [0.3, 0.4) is 0 Å². The summed E-state index contributed by atoms with van der Waals surface area (Å²) in [5.74, 6) is -4.21. The minimum atomic E-state index is -0.822. The summed E-state index contributed by atoms with van der Waals surface area (Å²) in [6.07, 6.45) is 0. The summed E-state index contributed by atoms with van der Waals surface area (Å²) < 4.78 is 0. The van der Waals surface area contributed by atoms with Crippen LogP contribution in [0.2, 0.25) is 0 Å². The Morgan fingerprint density at radius 2 is 0.408 bits per heavy atom. The van der Waals surface area contributed by atoms with Crippen molar-refractivity contribution in [2.24, 2.45) is 0 Å². The molecule has 6 nitrogen and oxygen atoms in total. The molecule has 6 rings (SSSR count). The van der Waals surface area contributed by atoms with Gasteiger partial charge in [-0.2, -0.15) is 0 Å². The Morgan fingerprint density at radius 3 is 0.510 bits per heavy atom. The molecule has 49 heavy (non-hydrogen) atoms. The molecule has 0 aliphatic carbocycles. The van der Waals surface area contributed by atoms with Gasteiger partial charge in [0.25, 0.3) is 0 Å². The smallest absolute Gasteiger partial charge is 0.315 e. The summed E-state index contributed by atoms with van der Waals surface area (Å²) >= 11 is 0. The Kier molecular flexibility index (Phi) is 16.3. The summed E-state index contributed by atoms with van der Waals surface area (Å²) in [4.78, 5) is 33.9. The molecular formula is C42H36EuO6.